The molecule has 0 fully saturated rings. The van der Waals surface area contributed by atoms with Gasteiger partial charge in [0.05, 0.1) is 0 Å². The molecule has 4 heteroatoms. The van der Waals surface area contributed by atoms with Crippen molar-refractivity contribution >= 4 is 5.96 Å². The van der Waals surface area contributed by atoms with Crippen LogP contribution < -0.4 is 10.6 Å². The molecule has 0 saturated carbocycles. The van der Waals surface area contributed by atoms with Gasteiger partial charge in [0, 0.05) is 20.1 Å². The van der Waals surface area contributed by atoms with Crippen LogP contribution in [0.25, 0.3) is 0 Å². The third-order valence-electron chi connectivity index (χ3n) is 4.02. The van der Waals surface area contributed by atoms with E-state index in [1.807, 2.05) is 7.05 Å². The first-order valence-electron chi connectivity index (χ1n) is 8.38. The summed E-state index contributed by atoms with van der Waals surface area (Å²) in [5.74, 6) is 1.69. The molecule has 0 saturated heterocycles. The minimum Gasteiger partial charge on any atom is -0.356 e. The van der Waals surface area contributed by atoms with E-state index in [0.717, 1.165) is 38.1 Å². The summed E-state index contributed by atoms with van der Waals surface area (Å²) in [4.78, 5) is 6.75. The molecule has 0 amide bonds. The van der Waals surface area contributed by atoms with Crippen LogP contribution in [-0.4, -0.2) is 50.6 Å². The van der Waals surface area contributed by atoms with E-state index < -0.39 is 0 Å². The largest absolute Gasteiger partial charge is 0.356 e. The molecular weight excluding hydrogens is 248 g/mol. The summed E-state index contributed by atoms with van der Waals surface area (Å²) in [5.41, 5.74) is 0. The summed E-state index contributed by atoms with van der Waals surface area (Å²) in [7, 11) is 1.85. The molecule has 0 aliphatic heterocycles. The van der Waals surface area contributed by atoms with Crippen LogP contribution in [0.2, 0.25) is 0 Å². The first-order chi connectivity index (χ1) is 9.71. The van der Waals surface area contributed by atoms with Crippen molar-refractivity contribution in [2.75, 3.05) is 39.8 Å². The maximum atomic E-state index is 4.28. The molecule has 0 rings (SSSR count). The maximum Gasteiger partial charge on any atom is 0.190 e. The first kappa shape index (κ1) is 19.2. The number of hydrogen-bond donors (Lipinski definition) is 2. The highest BCUT2D eigenvalue weighted by Crippen LogP contribution is 2.04. The van der Waals surface area contributed by atoms with E-state index in [-0.39, 0.29) is 0 Å². The van der Waals surface area contributed by atoms with E-state index in [4.69, 9.17) is 0 Å². The Balaban J connectivity index is 3.70. The summed E-state index contributed by atoms with van der Waals surface area (Å²) in [6.45, 7) is 14.5. The van der Waals surface area contributed by atoms with Crippen molar-refractivity contribution in [3.8, 4) is 0 Å². The second-order valence-corrected chi connectivity index (χ2v) is 5.30. The molecule has 20 heavy (non-hydrogen) atoms. The third kappa shape index (κ3) is 9.18. The van der Waals surface area contributed by atoms with Gasteiger partial charge in [-0.2, -0.15) is 0 Å². The fraction of sp³-hybridized carbons (Fsp3) is 0.938. The SMILES string of the molecule is CCC(CC)CNC(=NC)NCCCCN(CC)CC. The van der Waals surface area contributed by atoms with E-state index >= 15 is 0 Å². The van der Waals surface area contributed by atoms with Crippen molar-refractivity contribution in [1.29, 1.82) is 0 Å². The molecule has 0 radical (unpaired) electrons. The molecule has 0 aliphatic rings. The number of rotatable bonds is 11. The molecule has 0 heterocycles. The van der Waals surface area contributed by atoms with Gasteiger partial charge in [-0.3, -0.25) is 4.99 Å². The van der Waals surface area contributed by atoms with E-state index in [1.165, 1.54) is 32.2 Å². The Morgan fingerprint density at radius 2 is 1.65 bits per heavy atom. The first-order valence-corrected chi connectivity index (χ1v) is 8.38. The Bertz CT molecular complexity index is 233. The highest BCUT2D eigenvalue weighted by Gasteiger charge is 2.04. The molecule has 4 nitrogen and oxygen atoms in total. The Morgan fingerprint density at radius 1 is 1.00 bits per heavy atom. The average molecular weight is 284 g/mol. The van der Waals surface area contributed by atoms with Gasteiger partial charge >= 0.3 is 0 Å². The van der Waals surface area contributed by atoms with Crippen molar-refractivity contribution in [2.45, 2.75) is 53.4 Å². The lowest BCUT2D eigenvalue weighted by atomic mass is 10.0. The summed E-state index contributed by atoms with van der Waals surface area (Å²) in [5, 5.41) is 6.82. The standard InChI is InChI=1S/C16H36N4/c1-6-15(7-2)14-19-16(17-5)18-12-10-11-13-20(8-3)9-4/h15H,6-14H2,1-5H3,(H2,17,18,19). The van der Waals surface area contributed by atoms with Crippen LogP contribution in [0.3, 0.4) is 0 Å². The molecule has 0 atom stereocenters. The number of unbranched alkanes of at least 4 members (excludes halogenated alkanes) is 1. The highest BCUT2D eigenvalue weighted by molar-refractivity contribution is 5.79. The zero-order valence-electron chi connectivity index (χ0n) is 14.3. The van der Waals surface area contributed by atoms with Gasteiger partial charge in [-0.05, 0) is 38.4 Å². The quantitative estimate of drug-likeness (QED) is 0.348. The Labute approximate surface area is 126 Å². The van der Waals surface area contributed by atoms with Crippen molar-refractivity contribution in [2.24, 2.45) is 10.9 Å². The number of nitrogens with one attached hydrogen (secondary N) is 2. The zero-order valence-corrected chi connectivity index (χ0v) is 14.3. The lowest BCUT2D eigenvalue weighted by molar-refractivity contribution is 0.297. The van der Waals surface area contributed by atoms with Gasteiger partial charge in [0.15, 0.2) is 5.96 Å². The van der Waals surface area contributed by atoms with Crippen LogP contribution >= 0.6 is 0 Å². The van der Waals surface area contributed by atoms with Crippen LogP contribution in [0.5, 0.6) is 0 Å². The highest BCUT2D eigenvalue weighted by atomic mass is 15.2. The Hall–Kier alpha value is -0.770. The van der Waals surface area contributed by atoms with Crippen LogP contribution in [0, 0.1) is 5.92 Å². The minimum absolute atomic E-state index is 0.746. The molecule has 0 aromatic heterocycles. The molecule has 0 spiro atoms. The van der Waals surface area contributed by atoms with Crippen LogP contribution in [0.4, 0.5) is 0 Å². The van der Waals surface area contributed by atoms with Gasteiger partial charge in [0.25, 0.3) is 0 Å². The number of aliphatic imine (C=N–C) groups is 1. The number of hydrogen-bond acceptors (Lipinski definition) is 2. The molecule has 2 N–H and O–H groups in total. The second kappa shape index (κ2) is 13.2. The fourth-order valence-electron chi connectivity index (χ4n) is 2.25. The lowest BCUT2D eigenvalue weighted by Gasteiger charge is -2.18. The van der Waals surface area contributed by atoms with Crippen LogP contribution in [-0.2, 0) is 0 Å². The van der Waals surface area contributed by atoms with Crippen LogP contribution in [0.1, 0.15) is 53.4 Å². The van der Waals surface area contributed by atoms with Gasteiger partial charge in [0.1, 0.15) is 0 Å². The van der Waals surface area contributed by atoms with Crippen molar-refractivity contribution in [3.05, 3.63) is 0 Å². The summed E-state index contributed by atoms with van der Waals surface area (Å²) in [6, 6.07) is 0. The van der Waals surface area contributed by atoms with Crippen molar-refractivity contribution in [1.82, 2.24) is 15.5 Å². The van der Waals surface area contributed by atoms with Gasteiger partial charge in [-0.15, -0.1) is 0 Å². The molecule has 0 aromatic carbocycles. The van der Waals surface area contributed by atoms with Gasteiger partial charge in [-0.25, -0.2) is 0 Å². The van der Waals surface area contributed by atoms with E-state index in [2.05, 4.69) is 48.2 Å². The van der Waals surface area contributed by atoms with Crippen LogP contribution in [0.15, 0.2) is 4.99 Å². The molecule has 0 bridgehead atoms. The molecule has 120 valence electrons. The molecule has 0 aliphatic carbocycles. The van der Waals surface area contributed by atoms with Gasteiger partial charge in [-0.1, -0.05) is 40.5 Å². The topological polar surface area (TPSA) is 39.7 Å². The monoisotopic (exact) mass is 284 g/mol. The number of nitrogens with zero attached hydrogens (tertiary/aromatic N) is 2. The van der Waals surface area contributed by atoms with Gasteiger partial charge in [0.2, 0.25) is 0 Å². The lowest BCUT2D eigenvalue weighted by Crippen LogP contribution is -2.40. The van der Waals surface area contributed by atoms with Crippen molar-refractivity contribution < 1.29 is 0 Å². The van der Waals surface area contributed by atoms with E-state index in [9.17, 15) is 0 Å². The van der Waals surface area contributed by atoms with E-state index in [0.29, 0.717) is 0 Å². The molecule has 0 unspecified atom stereocenters. The molecular formula is C16H36N4. The average Bonchev–Trinajstić information content (AvgIpc) is 2.49. The Kier molecular flexibility index (Phi) is 12.7. The fourth-order valence-corrected chi connectivity index (χ4v) is 2.25. The predicted molar refractivity (Wildman–Crippen MR) is 90.5 cm³/mol. The Morgan fingerprint density at radius 3 is 2.15 bits per heavy atom. The zero-order chi connectivity index (χ0) is 15.2. The van der Waals surface area contributed by atoms with Crippen molar-refractivity contribution in [3.63, 3.8) is 0 Å². The summed E-state index contributed by atoms with van der Waals surface area (Å²) in [6.07, 6.45) is 4.90. The maximum absolute atomic E-state index is 4.28. The number of guanidine groups is 1. The summed E-state index contributed by atoms with van der Waals surface area (Å²) >= 11 is 0. The normalized spacial score (nSPS) is 12.2. The second-order valence-electron chi connectivity index (χ2n) is 5.30. The minimum atomic E-state index is 0.746. The smallest absolute Gasteiger partial charge is 0.190 e. The predicted octanol–water partition coefficient (Wildman–Crippen LogP) is 2.71. The summed E-state index contributed by atoms with van der Waals surface area (Å²) < 4.78 is 0. The molecule has 0 aromatic rings. The van der Waals surface area contributed by atoms with Gasteiger partial charge < -0.3 is 15.5 Å². The third-order valence-corrected chi connectivity index (χ3v) is 4.02. The van der Waals surface area contributed by atoms with E-state index in [1.54, 1.807) is 0 Å².